The maximum Gasteiger partial charge on any atom is 0.248 e. The van der Waals surface area contributed by atoms with E-state index in [9.17, 15) is 14.3 Å². The van der Waals surface area contributed by atoms with Crippen LogP contribution in [-0.4, -0.2) is 32.9 Å². The first-order valence-corrected chi connectivity index (χ1v) is 10.4. The Hall–Kier alpha value is -3.71. The number of nitrogens with zero attached hydrogens (tertiary/aromatic N) is 2. The summed E-state index contributed by atoms with van der Waals surface area (Å²) in [6.45, 7) is 3.32. The van der Waals surface area contributed by atoms with Crippen molar-refractivity contribution >= 4 is 16.8 Å². The third-order valence-corrected chi connectivity index (χ3v) is 5.11. The molecular formula is C25H24FN3O3. The van der Waals surface area contributed by atoms with Gasteiger partial charge in [0.15, 0.2) is 0 Å². The third kappa shape index (κ3) is 4.78. The number of benzene rings is 3. The van der Waals surface area contributed by atoms with Crippen LogP contribution < -0.4 is 10.1 Å². The van der Waals surface area contributed by atoms with Gasteiger partial charge in [-0.25, -0.2) is 9.07 Å². The highest BCUT2D eigenvalue weighted by Gasteiger charge is 2.15. The fourth-order valence-electron chi connectivity index (χ4n) is 3.51. The second-order valence-electron chi connectivity index (χ2n) is 7.75. The van der Waals surface area contributed by atoms with Gasteiger partial charge in [0.1, 0.15) is 23.4 Å². The van der Waals surface area contributed by atoms with Crippen molar-refractivity contribution in [3.8, 4) is 17.2 Å². The predicted molar refractivity (Wildman–Crippen MR) is 121 cm³/mol. The second-order valence-corrected chi connectivity index (χ2v) is 7.75. The molecule has 2 atom stereocenters. The molecule has 7 heteroatoms. The first-order chi connectivity index (χ1) is 15.4. The number of aliphatic hydroxyl groups is 1. The quantitative estimate of drug-likeness (QED) is 0.453. The number of nitrogens with one attached hydrogen (secondary N) is 1. The number of fused-ring (bicyclic) bond motifs is 1. The van der Waals surface area contributed by atoms with Crippen LogP contribution in [-0.2, 0) is 11.2 Å². The Balaban J connectivity index is 1.54. The Morgan fingerprint density at radius 1 is 1.12 bits per heavy atom. The predicted octanol–water partition coefficient (Wildman–Crippen LogP) is 4.38. The van der Waals surface area contributed by atoms with Gasteiger partial charge in [-0.05, 0) is 74.4 Å². The topological polar surface area (TPSA) is 76.4 Å². The summed E-state index contributed by atoms with van der Waals surface area (Å²) in [6, 6.07) is 19.3. The third-order valence-electron chi connectivity index (χ3n) is 5.11. The smallest absolute Gasteiger partial charge is 0.248 e. The Morgan fingerprint density at radius 3 is 2.62 bits per heavy atom. The van der Waals surface area contributed by atoms with Crippen LogP contribution in [0.15, 0.2) is 72.9 Å². The van der Waals surface area contributed by atoms with E-state index >= 15 is 0 Å². The van der Waals surface area contributed by atoms with E-state index in [2.05, 4.69) is 10.4 Å². The molecule has 3 aromatic carbocycles. The summed E-state index contributed by atoms with van der Waals surface area (Å²) in [5, 5.41) is 17.5. The standard InChI is InChI=1S/C25H24FN3O3/c1-16(28-25(31)17(2)30)13-18-5-3-4-6-24(18)32-22-11-12-23-19(14-22)15-27-29(23)21-9-7-20(26)8-10-21/h3-12,14-17,30H,13H2,1-2H3,(H,28,31)/t16-,17-/m0/s1. The molecular weight excluding hydrogens is 409 g/mol. The van der Waals surface area contributed by atoms with Crippen molar-refractivity contribution in [2.75, 3.05) is 0 Å². The molecule has 0 aliphatic rings. The van der Waals surface area contributed by atoms with E-state index in [-0.39, 0.29) is 11.9 Å². The minimum atomic E-state index is -1.05. The molecule has 0 unspecified atom stereocenters. The number of hydrogen-bond acceptors (Lipinski definition) is 4. The zero-order chi connectivity index (χ0) is 22.7. The molecule has 4 aromatic rings. The van der Waals surface area contributed by atoms with Crippen LogP contribution >= 0.6 is 0 Å². The maximum absolute atomic E-state index is 13.2. The SMILES string of the molecule is C[C@H](O)C(=O)N[C@@H](C)Cc1ccccc1Oc1ccc2c(cnn2-c2ccc(F)cc2)c1. The van der Waals surface area contributed by atoms with Gasteiger partial charge in [0, 0.05) is 11.4 Å². The molecule has 1 heterocycles. The van der Waals surface area contributed by atoms with Crippen molar-refractivity contribution in [1.82, 2.24) is 15.1 Å². The lowest BCUT2D eigenvalue weighted by Gasteiger charge is -2.17. The molecule has 0 aliphatic heterocycles. The number of aromatic nitrogens is 2. The van der Waals surface area contributed by atoms with E-state index in [1.165, 1.54) is 19.1 Å². The number of carbonyl (C=O) groups is 1. The zero-order valence-corrected chi connectivity index (χ0v) is 17.8. The number of halogens is 1. The molecule has 4 rings (SSSR count). The van der Waals surface area contributed by atoms with E-state index in [0.29, 0.717) is 17.9 Å². The summed E-state index contributed by atoms with van der Waals surface area (Å²) in [5.41, 5.74) is 2.59. The molecule has 0 radical (unpaired) electrons. The molecule has 164 valence electrons. The number of para-hydroxylation sites is 1. The van der Waals surface area contributed by atoms with Crippen LogP contribution in [0.25, 0.3) is 16.6 Å². The van der Waals surface area contributed by atoms with Gasteiger partial charge in [0.2, 0.25) is 5.91 Å². The Kier molecular flexibility index (Phi) is 6.18. The largest absolute Gasteiger partial charge is 0.457 e. The molecule has 2 N–H and O–H groups in total. The molecule has 1 aromatic heterocycles. The van der Waals surface area contributed by atoms with Gasteiger partial charge in [0.05, 0.1) is 17.4 Å². The second kappa shape index (κ2) is 9.20. The fraction of sp³-hybridized carbons (Fsp3) is 0.200. The highest BCUT2D eigenvalue weighted by molar-refractivity contribution is 5.82. The summed E-state index contributed by atoms with van der Waals surface area (Å²) in [7, 11) is 0. The number of carbonyl (C=O) groups excluding carboxylic acids is 1. The minimum Gasteiger partial charge on any atom is -0.457 e. The minimum absolute atomic E-state index is 0.168. The number of ether oxygens (including phenoxy) is 1. The Labute approximate surface area is 185 Å². The number of hydrogen-bond donors (Lipinski definition) is 2. The van der Waals surface area contributed by atoms with Crippen molar-refractivity contribution in [1.29, 1.82) is 0 Å². The van der Waals surface area contributed by atoms with Crippen LogP contribution in [0.3, 0.4) is 0 Å². The lowest BCUT2D eigenvalue weighted by atomic mass is 10.1. The van der Waals surface area contributed by atoms with Gasteiger partial charge in [-0.3, -0.25) is 4.79 Å². The first kappa shape index (κ1) is 21.5. The normalized spacial score (nSPS) is 13.0. The van der Waals surface area contributed by atoms with Crippen LogP contribution in [0.2, 0.25) is 0 Å². The monoisotopic (exact) mass is 433 g/mol. The Morgan fingerprint density at radius 2 is 1.88 bits per heavy atom. The number of rotatable bonds is 7. The molecule has 0 bridgehead atoms. The van der Waals surface area contributed by atoms with Crippen molar-refractivity contribution in [2.45, 2.75) is 32.4 Å². The summed E-state index contributed by atoms with van der Waals surface area (Å²) < 4.78 is 21.1. The van der Waals surface area contributed by atoms with Crippen molar-refractivity contribution in [2.24, 2.45) is 0 Å². The average Bonchev–Trinajstić information content (AvgIpc) is 3.19. The molecule has 0 spiro atoms. The molecule has 0 saturated carbocycles. The van der Waals surface area contributed by atoms with E-state index in [1.807, 2.05) is 49.4 Å². The molecule has 0 saturated heterocycles. The fourth-order valence-corrected chi connectivity index (χ4v) is 3.51. The summed E-state index contributed by atoms with van der Waals surface area (Å²) in [5.74, 6) is 0.652. The summed E-state index contributed by atoms with van der Waals surface area (Å²) in [4.78, 5) is 11.7. The number of aliphatic hydroxyl groups excluding tert-OH is 1. The van der Waals surface area contributed by atoms with Crippen molar-refractivity contribution < 1.29 is 19.0 Å². The number of amides is 1. The lowest BCUT2D eigenvalue weighted by Crippen LogP contribution is -2.39. The van der Waals surface area contributed by atoms with Crippen molar-refractivity contribution in [3.05, 3.63) is 84.3 Å². The van der Waals surface area contributed by atoms with E-state index in [1.54, 1.807) is 23.0 Å². The average molecular weight is 433 g/mol. The van der Waals surface area contributed by atoms with E-state index < -0.39 is 12.0 Å². The molecule has 0 fully saturated rings. The van der Waals surface area contributed by atoms with Crippen LogP contribution in [0.4, 0.5) is 4.39 Å². The highest BCUT2D eigenvalue weighted by Crippen LogP contribution is 2.29. The first-order valence-electron chi connectivity index (χ1n) is 10.4. The van der Waals surface area contributed by atoms with Crippen LogP contribution in [0.1, 0.15) is 19.4 Å². The maximum atomic E-state index is 13.2. The van der Waals surface area contributed by atoms with Crippen molar-refractivity contribution in [3.63, 3.8) is 0 Å². The summed E-state index contributed by atoms with van der Waals surface area (Å²) >= 11 is 0. The lowest BCUT2D eigenvalue weighted by molar-refractivity contribution is -0.129. The van der Waals surface area contributed by atoms with Gasteiger partial charge < -0.3 is 15.2 Å². The van der Waals surface area contributed by atoms with Gasteiger partial charge in [-0.2, -0.15) is 5.10 Å². The van der Waals surface area contributed by atoms with E-state index in [4.69, 9.17) is 4.74 Å². The molecule has 6 nitrogen and oxygen atoms in total. The van der Waals surface area contributed by atoms with Gasteiger partial charge >= 0.3 is 0 Å². The van der Waals surface area contributed by atoms with E-state index in [0.717, 1.165) is 22.2 Å². The van der Waals surface area contributed by atoms with Gasteiger partial charge in [0.25, 0.3) is 0 Å². The van der Waals surface area contributed by atoms with Crippen LogP contribution in [0.5, 0.6) is 11.5 Å². The Bertz CT molecular complexity index is 1230. The highest BCUT2D eigenvalue weighted by atomic mass is 19.1. The van der Waals surface area contributed by atoms with Crippen LogP contribution in [0, 0.1) is 5.82 Å². The molecule has 0 aliphatic carbocycles. The van der Waals surface area contributed by atoms with Gasteiger partial charge in [-0.15, -0.1) is 0 Å². The summed E-state index contributed by atoms with van der Waals surface area (Å²) in [6.07, 6.45) is 1.25. The zero-order valence-electron chi connectivity index (χ0n) is 17.8. The van der Waals surface area contributed by atoms with Gasteiger partial charge in [-0.1, -0.05) is 18.2 Å². The molecule has 1 amide bonds. The molecule has 32 heavy (non-hydrogen) atoms.